The van der Waals surface area contributed by atoms with Crippen molar-refractivity contribution >= 4 is 23.3 Å². The molecule has 3 rings (SSSR count). The first-order valence-electron chi connectivity index (χ1n) is 8.58. The number of ether oxygens (including phenoxy) is 2. The number of carbonyl (C=O) groups is 1. The molecule has 27 heavy (non-hydrogen) atoms. The summed E-state index contributed by atoms with van der Waals surface area (Å²) in [5.41, 5.74) is 3.99. The number of thioether (sulfide) groups is 1. The third kappa shape index (κ3) is 4.95. The summed E-state index contributed by atoms with van der Waals surface area (Å²) in [6, 6.07) is 9.59. The van der Waals surface area contributed by atoms with Gasteiger partial charge in [0.05, 0.1) is 25.7 Å². The van der Waals surface area contributed by atoms with Gasteiger partial charge in [0.2, 0.25) is 5.91 Å². The number of aryl methyl sites for hydroxylation is 1. The van der Waals surface area contributed by atoms with Crippen molar-refractivity contribution in [2.45, 2.75) is 19.2 Å². The van der Waals surface area contributed by atoms with E-state index in [0.717, 1.165) is 22.7 Å². The average Bonchev–Trinajstić information content (AvgIpc) is 3.07. The molecule has 1 amide bonds. The van der Waals surface area contributed by atoms with Gasteiger partial charge in [-0.2, -0.15) is 0 Å². The highest BCUT2D eigenvalue weighted by molar-refractivity contribution is 7.99. The van der Waals surface area contributed by atoms with Crippen LogP contribution in [0.15, 0.2) is 42.7 Å². The van der Waals surface area contributed by atoms with Gasteiger partial charge in [-0.15, -0.1) is 11.8 Å². The van der Waals surface area contributed by atoms with Crippen LogP contribution in [0.2, 0.25) is 0 Å². The van der Waals surface area contributed by atoms with Crippen molar-refractivity contribution in [1.29, 1.82) is 0 Å². The predicted molar refractivity (Wildman–Crippen MR) is 107 cm³/mol. The molecule has 0 bridgehead atoms. The van der Waals surface area contributed by atoms with Crippen LogP contribution in [0.3, 0.4) is 0 Å². The van der Waals surface area contributed by atoms with E-state index in [1.165, 1.54) is 5.56 Å². The standard InChI is InChI=1S/C20H23N3O3S/c1-14-4-7-19-22-16(11-23(19)10-14)12-27-13-20(24)21-9-15-5-6-17(25-2)8-18(15)26-3/h4-8,10-11H,9,12-13H2,1-3H3,(H,21,24). The Labute approximate surface area is 162 Å². The van der Waals surface area contributed by atoms with Gasteiger partial charge < -0.3 is 19.2 Å². The van der Waals surface area contributed by atoms with Crippen LogP contribution in [0.1, 0.15) is 16.8 Å². The number of nitrogens with zero attached hydrogens (tertiary/aromatic N) is 2. The van der Waals surface area contributed by atoms with Crippen molar-refractivity contribution in [2.24, 2.45) is 0 Å². The number of aromatic nitrogens is 2. The second-order valence-electron chi connectivity index (χ2n) is 6.15. The number of rotatable bonds is 8. The Morgan fingerprint density at radius 1 is 1.19 bits per heavy atom. The lowest BCUT2D eigenvalue weighted by Gasteiger charge is -2.11. The summed E-state index contributed by atoms with van der Waals surface area (Å²) < 4.78 is 12.5. The topological polar surface area (TPSA) is 64.9 Å². The fourth-order valence-electron chi connectivity index (χ4n) is 2.72. The number of carbonyl (C=O) groups excluding carboxylic acids is 1. The number of benzene rings is 1. The lowest BCUT2D eigenvalue weighted by Crippen LogP contribution is -2.24. The van der Waals surface area contributed by atoms with Crippen molar-refractivity contribution in [3.05, 3.63) is 59.5 Å². The zero-order chi connectivity index (χ0) is 19.2. The summed E-state index contributed by atoms with van der Waals surface area (Å²) in [5.74, 6) is 2.48. The molecule has 0 spiro atoms. The minimum atomic E-state index is -0.0162. The van der Waals surface area contributed by atoms with Crippen molar-refractivity contribution in [1.82, 2.24) is 14.7 Å². The highest BCUT2D eigenvalue weighted by Gasteiger charge is 2.08. The Hall–Kier alpha value is -2.67. The van der Waals surface area contributed by atoms with E-state index in [4.69, 9.17) is 9.47 Å². The largest absolute Gasteiger partial charge is 0.497 e. The molecule has 0 radical (unpaired) electrons. The zero-order valence-corrected chi connectivity index (χ0v) is 16.5. The molecular formula is C20H23N3O3S. The van der Waals surface area contributed by atoms with Crippen LogP contribution in [0.4, 0.5) is 0 Å². The normalized spacial score (nSPS) is 10.8. The van der Waals surface area contributed by atoms with Gasteiger partial charge in [-0.05, 0) is 30.7 Å². The number of pyridine rings is 1. The van der Waals surface area contributed by atoms with Crippen LogP contribution in [0, 0.1) is 6.92 Å². The zero-order valence-electron chi connectivity index (χ0n) is 15.7. The fourth-order valence-corrected chi connectivity index (χ4v) is 3.45. The molecular weight excluding hydrogens is 362 g/mol. The van der Waals surface area contributed by atoms with Crippen molar-refractivity contribution in [2.75, 3.05) is 20.0 Å². The molecule has 0 unspecified atom stereocenters. The maximum atomic E-state index is 12.1. The quantitative estimate of drug-likeness (QED) is 0.645. The first-order chi connectivity index (χ1) is 13.1. The van der Waals surface area contributed by atoms with E-state index in [0.29, 0.717) is 23.8 Å². The van der Waals surface area contributed by atoms with Crippen molar-refractivity contribution < 1.29 is 14.3 Å². The van der Waals surface area contributed by atoms with Crippen LogP contribution in [0.25, 0.3) is 5.65 Å². The van der Waals surface area contributed by atoms with E-state index in [1.807, 2.05) is 41.1 Å². The molecule has 0 atom stereocenters. The third-order valence-electron chi connectivity index (χ3n) is 4.10. The first kappa shape index (κ1) is 19.1. The minimum absolute atomic E-state index is 0.0162. The molecule has 2 heterocycles. The molecule has 142 valence electrons. The Kier molecular flexibility index (Phi) is 6.24. The summed E-state index contributed by atoms with van der Waals surface area (Å²) in [5, 5.41) is 2.93. The SMILES string of the molecule is COc1ccc(CNC(=O)CSCc2cn3cc(C)ccc3n2)c(OC)c1. The van der Waals surface area contributed by atoms with E-state index < -0.39 is 0 Å². The van der Waals surface area contributed by atoms with Crippen LogP contribution >= 0.6 is 11.8 Å². The van der Waals surface area contributed by atoms with E-state index in [1.54, 1.807) is 32.0 Å². The van der Waals surface area contributed by atoms with Crippen molar-refractivity contribution in [3.8, 4) is 11.5 Å². The Morgan fingerprint density at radius 3 is 2.81 bits per heavy atom. The molecule has 0 fully saturated rings. The second kappa shape index (κ2) is 8.81. The first-order valence-corrected chi connectivity index (χ1v) is 9.74. The lowest BCUT2D eigenvalue weighted by atomic mass is 10.2. The molecule has 6 nitrogen and oxygen atoms in total. The number of imidazole rings is 1. The average molecular weight is 385 g/mol. The van der Waals surface area contributed by atoms with E-state index in [-0.39, 0.29) is 5.91 Å². The van der Waals surface area contributed by atoms with Gasteiger partial charge in [-0.1, -0.05) is 6.07 Å². The van der Waals surface area contributed by atoms with Gasteiger partial charge in [0.1, 0.15) is 17.1 Å². The fraction of sp³-hybridized carbons (Fsp3) is 0.300. The molecule has 3 aromatic rings. The number of hydrogen-bond acceptors (Lipinski definition) is 5. The van der Waals surface area contributed by atoms with Crippen LogP contribution in [-0.4, -0.2) is 35.3 Å². The highest BCUT2D eigenvalue weighted by Crippen LogP contribution is 2.24. The summed E-state index contributed by atoms with van der Waals surface area (Å²) in [4.78, 5) is 16.7. The monoisotopic (exact) mass is 385 g/mol. The van der Waals surface area contributed by atoms with Crippen molar-refractivity contribution in [3.63, 3.8) is 0 Å². The Morgan fingerprint density at radius 2 is 2.04 bits per heavy atom. The summed E-state index contributed by atoms with van der Waals surface area (Å²) in [6.07, 6.45) is 4.06. The predicted octanol–water partition coefficient (Wildman–Crippen LogP) is 3.21. The molecule has 0 aliphatic carbocycles. The smallest absolute Gasteiger partial charge is 0.230 e. The highest BCUT2D eigenvalue weighted by atomic mass is 32.2. The third-order valence-corrected chi connectivity index (χ3v) is 5.07. The maximum absolute atomic E-state index is 12.1. The number of methoxy groups -OCH3 is 2. The van der Waals surface area contributed by atoms with Gasteiger partial charge in [0.25, 0.3) is 0 Å². The van der Waals surface area contributed by atoms with Crippen LogP contribution in [-0.2, 0) is 17.1 Å². The molecule has 0 aliphatic heterocycles. The molecule has 0 saturated carbocycles. The van der Waals surface area contributed by atoms with Crippen LogP contribution in [0.5, 0.6) is 11.5 Å². The van der Waals surface area contributed by atoms with Gasteiger partial charge in [-0.3, -0.25) is 4.79 Å². The van der Waals surface area contributed by atoms with E-state index in [9.17, 15) is 4.79 Å². The minimum Gasteiger partial charge on any atom is -0.497 e. The summed E-state index contributed by atoms with van der Waals surface area (Å²) in [6.45, 7) is 2.47. The van der Waals surface area contributed by atoms with Gasteiger partial charge in [-0.25, -0.2) is 4.98 Å². The molecule has 1 aromatic carbocycles. The van der Waals surface area contributed by atoms with Gasteiger partial charge >= 0.3 is 0 Å². The summed E-state index contributed by atoms with van der Waals surface area (Å²) >= 11 is 1.55. The maximum Gasteiger partial charge on any atom is 0.230 e. The second-order valence-corrected chi connectivity index (χ2v) is 7.14. The van der Waals surface area contributed by atoms with Gasteiger partial charge in [0, 0.05) is 36.3 Å². The number of nitrogens with one attached hydrogen (secondary N) is 1. The van der Waals surface area contributed by atoms with E-state index in [2.05, 4.69) is 17.2 Å². The summed E-state index contributed by atoms with van der Waals surface area (Å²) in [7, 11) is 3.21. The number of fused-ring (bicyclic) bond motifs is 1. The number of hydrogen-bond donors (Lipinski definition) is 1. The molecule has 1 N–H and O–H groups in total. The number of amides is 1. The Bertz CT molecular complexity index is 939. The molecule has 7 heteroatoms. The Balaban J connectivity index is 1.48. The van der Waals surface area contributed by atoms with E-state index >= 15 is 0 Å². The lowest BCUT2D eigenvalue weighted by molar-refractivity contribution is -0.118. The molecule has 2 aromatic heterocycles. The van der Waals surface area contributed by atoms with Crippen LogP contribution < -0.4 is 14.8 Å². The van der Waals surface area contributed by atoms with Gasteiger partial charge in [0.15, 0.2) is 0 Å². The molecule has 0 saturated heterocycles. The molecule has 0 aliphatic rings.